The molecule has 21 heavy (non-hydrogen) atoms. The van der Waals surface area contributed by atoms with Gasteiger partial charge in [0.1, 0.15) is 0 Å². The summed E-state index contributed by atoms with van der Waals surface area (Å²) in [7, 11) is 0. The number of pyridine rings is 1. The Morgan fingerprint density at radius 3 is 2.05 bits per heavy atom. The molecule has 1 heterocycles. The van der Waals surface area contributed by atoms with Crippen LogP contribution in [0, 0.1) is 6.92 Å². The molecule has 2 N–H and O–H groups in total. The van der Waals surface area contributed by atoms with Crippen molar-refractivity contribution in [3.05, 3.63) is 17.8 Å². The Bertz CT molecular complexity index is 379. The minimum Gasteiger partial charge on any atom is -0.490 e. The molecule has 1 rings (SSSR count). The Labute approximate surface area is 130 Å². The molecule has 0 aromatic carbocycles. The van der Waals surface area contributed by atoms with Crippen LogP contribution >= 0.6 is 0 Å². The topological polar surface area (TPSA) is 48.1 Å². The maximum absolute atomic E-state index is 5.82. The summed E-state index contributed by atoms with van der Waals surface area (Å²) in [5.41, 5.74) is 6.75. The zero-order chi connectivity index (χ0) is 15.3. The number of nitrogens with two attached hydrogens (primary N) is 1. The van der Waals surface area contributed by atoms with Crippen LogP contribution in [0.3, 0.4) is 0 Å². The summed E-state index contributed by atoms with van der Waals surface area (Å²) < 4.78 is 5.68. The minimum atomic E-state index is 0.502. The fraction of sp³-hybridized carbons (Fsp3) is 0.722. The third kappa shape index (κ3) is 8.59. The number of rotatable bonds is 12. The highest BCUT2D eigenvalue weighted by atomic mass is 16.5. The van der Waals surface area contributed by atoms with Gasteiger partial charge in [-0.2, -0.15) is 0 Å². The number of aryl methyl sites for hydroxylation is 1. The standard InChI is InChI=1S/C18H32N2O/c1-3-4-5-6-7-8-9-10-11-12-15-21-17-14-13-16(2)20-18(17)19/h13-14H,3-12,15H2,1-2H3,(H2,19,20). The second kappa shape index (κ2) is 11.4. The number of aromatic nitrogens is 1. The van der Waals surface area contributed by atoms with Gasteiger partial charge < -0.3 is 10.5 Å². The van der Waals surface area contributed by atoms with Gasteiger partial charge in [0.05, 0.1) is 6.61 Å². The number of nitrogen functional groups attached to an aromatic ring is 1. The lowest BCUT2D eigenvalue weighted by Gasteiger charge is -2.08. The number of nitrogens with zero attached hydrogens (tertiary/aromatic N) is 1. The average molecular weight is 292 g/mol. The number of hydrogen-bond donors (Lipinski definition) is 1. The predicted molar refractivity (Wildman–Crippen MR) is 90.7 cm³/mol. The largest absolute Gasteiger partial charge is 0.490 e. The fourth-order valence-electron chi connectivity index (χ4n) is 2.46. The molecule has 0 aliphatic rings. The smallest absolute Gasteiger partial charge is 0.166 e. The maximum atomic E-state index is 5.82. The molecular weight excluding hydrogens is 260 g/mol. The van der Waals surface area contributed by atoms with E-state index >= 15 is 0 Å². The van der Waals surface area contributed by atoms with E-state index in [1.807, 2.05) is 19.1 Å². The zero-order valence-corrected chi connectivity index (χ0v) is 13.9. The van der Waals surface area contributed by atoms with Crippen LogP contribution in [0.5, 0.6) is 5.75 Å². The molecular formula is C18H32N2O. The number of hydrogen-bond acceptors (Lipinski definition) is 3. The molecule has 0 spiro atoms. The van der Waals surface area contributed by atoms with Crippen LogP contribution in [0.15, 0.2) is 12.1 Å². The third-order valence-electron chi connectivity index (χ3n) is 3.78. The predicted octanol–water partition coefficient (Wildman–Crippen LogP) is 5.27. The van der Waals surface area contributed by atoms with Gasteiger partial charge in [-0.1, -0.05) is 64.7 Å². The minimum absolute atomic E-state index is 0.502. The first-order valence-electron chi connectivity index (χ1n) is 8.60. The van der Waals surface area contributed by atoms with Crippen molar-refractivity contribution in [2.45, 2.75) is 78.1 Å². The van der Waals surface area contributed by atoms with E-state index in [1.54, 1.807) is 0 Å². The van der Waals surface area contributed by atoms with E-state index in [4.69, 9.17) is 10.5 Å². The van der Waals surface area contributed by atoms with Crippen LogP contribution in [0.1, 0.15) is 76.8 Å². The molecule has 0 unspecified atom stereocenters. The molecule has 0 saturated heterocycles. The highest BCUT2D eigenvalue weighted by Crippen LogP contribution is 2.19. The molecule has 0 saturated carbocycles. The van der Waals surface area contributed by atoms with Gasteiger partial charge in [0.15, 0.2) is 11.6 Å². The first kappa shape index (κ1) is 17.8. The summed E-state index contributed by atoms with van der Waals surface area (Å²) in [6.07, 6.45) is 13.4. The Balaban J connectivity index is 1.93. The monoisotopic (exact) mass is 292 g/mol. The molecule has 3 heteroatoms. The Hall–Kier alpha value is -1.25. The van der Waals surface area contributed by atoms with Crippen LogP contribution in [-0.4, -0.2) is 11.6 Å². The van der Waals surface area contributed by atoms with Gasteiger partial charge in [0, 0.05) is 5.69 Å². The number of anilines is 1. The summed E-state index contributed by atoms with van der Waals surface area (Å²) >= 11 is 0. The number of ether oxygens (including phenoxy) is 1. The molecule has 0 fully saturated rings. The van der Waals surface area contributed by atoms with Crippen LogP contribution in [0.2, 0.25) is 0 Å². The first-order chi connectivity index (χ1) is 10.2. The molecule has 0 aliphatic heterocycles. The lowest BCUT2D eigenvalue weighted by atomic mass is 10.1. The van der Waals surface area contributed by atoms with Gasteiger partial charge in [-0.3, -0.25) is 0 Å². The SMILES string of the molecule is CCCCCCCCCCCCOc1ccc(C)nc1N. The summed E-state index contributed by atoms with van der Waals surface area (Å²) in [5, 5.41) is 0. The summed E-state index contributed by atoms with van der Waals surface area (Å²) in [4.78, 5) is 4.20. The van der Waals surface area contributed by atoms with Crippen LogP contribution in [-0.2, 0) is 0 Å². The van der Waals surface area contributed by atoms with Gasteiger partial charge in [-0.05, 0) is 25.5 Å². The summed E-state index contributed by atoms with van der Waals surface area (Å²) in [5.74, 6) is 1.22. The van der Waals surface area contributed by atoms with E-state index in [0.717, 1.165) is 24.5 Å². The molecule has 0 bridgehead atoms. The fourth-order valence-corrected chi connectivity index (χ4v) is 2.46. The molecule has 120 valence electrons. The van der Waals surface area contributed by atoms with Gasteiger partial charge in [-0.15, -0.1) is 0 Å². The van der Waals surface area contributed by atoms with E-state index in [1.165, 1.54) is 57.8 Å². The molecule has 0 atom stereocenters. The van der Waals surface area contributed by atoms with E-state index in [-0.39, 0.29) is 0 Å². The Kier molecular flexibility index (Phi) is 9.68. The van der Waals surface area contributed by atoms with E-state index in [9.17, 15) is 0 Å². The van der Waals surface area contributed by atoms with Crippen LogP contribution in [0.4, 0.5) is 5.82 Å². The molecule has 0 aliphatic carbocycles. The van der Waals surface area contributed by atoms with Gasteiger partial charge in [0.25, 0.3) is 0 Å². The van der Waals surface area contributed by atoms with E-state index < -0.39 is 0 Å². The van der Waals surface area contributed by atoms with Gasteiger partial charge in [-0.25, -0.2) is 4.98 Å². The van der Waals surface area contributed by atoms with E-state index in [0.29, 0.717) is 5.82 Å². The van der Waals surface area contributed by atoms with Crippen molar-refractivity contribution in [2.24, 2.45) is 0 Å². The summed E-state index contributed by atoms with van der Waals surface area (Å²) in [6.45, 7) is 4.94. The molecule has 1 aromatic heterocycles. The van der Waals surface area contributed by atoms with Crippen molar-refractivity contribution in [1.29, 1.82) is 0 Å². The van der Waals surface area contributed by atoms with Crippen LogP contribution in [0.25, 0.3) is 0 Å². The van der Waals surface area contributed by atoms with Gasteiger partial charge in [0.2, 0.25) is 0 Å². The zero-order valence-electron chi connectivity index (χ0n) is 13.9. The average Bonchev–Trinajstić information content (AvgIpc) is 2.46. The third-order valence-corrected chi connectivity index (χ3v) is 3.78. The lowest BCUT2D eigenvalue weighted by molar-refractivity contribution is 0.305. The summed E-state index contributed by atoms with van der Waals surface area (Å²) in [6, 6.07) is 3.85. The maximum Gasteiger partial charge on any atom is 0.166 e. The molecule has 0 radical (unpaired) electrons. The molecule has 1 aromatic rings. The van der Waals surface area contributed by atoms with Crippen molar-refractivity contribution in [2.75, 3.05) is 12.3 Å². The van der Waals surface area contributed by atoms with Gasteiger partial charge >= 0.3 is 0 Å². The van der Waals surface area contributed by atoms with Crippen molar-refractivity contribution >= 4 is 5.82 Å². The lowest BCUT2D eigenvalue weighted by Crippen LogP contribution is -2.02. The highest BCUT2D eigenvalue weighted by Gasteiger charge is 2.01. The van der Waals surface area contributed by atoms with Crippen molar-refractivity contribution < 1.29 is 4.74 Å². The van der Waals surface area contributed by atoms with Crippen LogP contribution < -0.4 is 10.5 Å². The van der Waals surface area contributed by atoms with Crippen molar-refractivity contribution in [1.82, 2.24) is 4.98 Å². The quantitative estimate of drug-likeness (QED) is 0.534. The van der Waals surface area contributed by atoms with Crippen molar-refractivity contribution in [3.63, 3.8) is 0 Å². The first-order valence-corrected chi connectivity index (χ1v) is 8.60. The second-order valence-corrected chi connectivity index (χ2v) is 5.87. The Morgan fingerprint density at radius 2 is 1.48 bits per heavy atom. The normalized spacial score (nSPS) is 10.8. The van der Waals surface area contributed by atoms with E-state index in [2.05, 4.69) is 11.9 Å². The highest BCUT2D eigenvalue weighted by molar-refractivity contribution is 5.46. The number of unbranched alkanes of at least 4 members (excludes halogenated alkanes) is 9. The second-order valence-electron chi connectivity index (χ2n) is 5.87. The molecule has 0 amide bonds. The molecule has 3 nitrogen and oxygen atoms in total. The van der Waals surface area contributed by atoms with Crippen molar-refractivity contribution in [3.8, 4) is 5.75 Å². The Morgan fingerprint density at radius 1 is 0.905 bits per heavy atom.